The first-order chi connectivity index (χ1) is 17.1. The topological polar surface area (TPSA) is 130 Å². The van der Waals surface area contributed by atoms with E-state index in [2.05, 4.69) is 0 Å². The summed E-state index contributed by atoms with van der Waals surface area (Å²) in [6.45, 7) is 3.70. The zero-order valence-corrected chi connectivity index (χ0v) is 19.2. The van der Waals surface area contributed by atoms with Crippen molar-refractivity contribution >= 4 is 28.8 Å². The number of carbonyl (C=O) groups is 2. The van der Waals surface area contributed by atoms with Crippen molar-refractivity contribution in [3.05, 3.63) is 99.4 Å². The van der Waals surface area contributed by atoms with Gasteiger partial charge in [0.2, 0.25) is 0 Å². The number of halogens is 1. The zero-order valence-electron chi connectivity index (χ0n) is 19.2. The van der Waals surface area contributed by atoms with E-state index in [0.717, 1.165) is 29.2 Å². The molecule has 1 fully saturated rings. The van der Waals surface area contributed by atoms with Gasteiger partial charge in [0, 0.05) is 17.3 Å². The van der Waals surface area contributed by atoms with Crippen molar-refractivity contribution in [2.24, 2.45) is 0 Å². The molecule has 1 heterocycles. The van der Waals surface area contributed by atoms with E-state index in [1.54, 1.807) is 12.1 Å². The minimum Gasteiger partial charge on any atom is -0.507 e. The monoisotopic (exact) mass is 492 g/mol. The van der Waals surface area contributed by atoms with Gasteiger partial charge in [-0.2, -0.15) is 0 Å². The standard InChI is InChI=1S/C26H21FN2O7/c1-14(2)36-19-10-3-15(4-11-19)24(31)22-23(16-5-12-21(30)20(13-16)29(34)35)28(26(33)25(22)32)18-8-6-17(27)7-9-18/h3-14,23,30-31H,1-2H3/b24-22-. The number of amides is 1. The third-order valence-electron chi connectivity index (χ3n) is 5.56. The third kappa shape index (κ3) is 4.48. The second kappa shape index (κ2) is 9.49. The first-order valence-electron chi connectivity index (χ1n) is 10.9. The number of aliphatic hydroxyl groups excluding tert-OH is 1. The van der Waals surface area contributed by atoms with E-state index in [0.29, 0.717) is 5.75 Å². The van der Waals surface area contributed by atoms with Crippen LogP contribution in [0.15, 0.2) is 72.3 Å². The van der Waals surface area contributed by atoms with Gasteiger partial charge in [0.1, 0.15) is 17.3 Å². The maximum absolute atomic E-state index is 13.6. The van der Waals surface area contributed by atoms with Gasteiger partial charge in [-0.25, -0.2) is 4.39 Å². The molecule has 9 nitrogen and oxygen atoms in total. The number of ketones is 1. The first-order valence-corrected chi connectivity index (χ1v) is 10.9. The van der Waals surface area contributed by atoms with Crippen LogP contribution < -0.4 is 9.64 Å². The van der Waals surface area contributed by atoms with Crippen molar-refractivity contribution in [3.63, 3.8) is 0 Å². The van der Waals surface area contributed by atoms with Gasteiger partial charge >= 0.3 is 5.69 Å². The lowest BCUT2D eigenvalue weighted by Gasteiger charge is -2.25. The molecule has 0 aliphatic carbocycles. The number of nitro benzene ring substituents is 1. The van der Waals surface area contributed by atoms with Gasteiger partial charge in [-0.1, -0.05) is 6.07 Å². The van der Waals surface area contributed by atoms with Gasteiger partial charge in [0.05, 0.1) is 22.6 Å². The second-order valence-electron chi connectivity index (χ2n) is 8.34. The summed E-state index contributed by atoms with van der Waals surface area (Å²) in [5.41, 5.74) is -0.529. The van der Waals surface area contributed by atoms with Gasteiger partial charge in [0.15, 0.2) is 5.75 Å². The summed E-state index contributed by atoms with van der Waals surface area (Å²) in [5, 5.41) is 32.5. The molecular weight excluding hydrogens is 471 g/mol. The molecule has 1 saturated heterocycles. The van der Waals surface area contributed by atoms with Crippen LogP contribution in [-0.4, -0.2) is 32.9 Å². The van der Waals surface area contributed by atoms with Crippen LogP contribution in [-0.2, 0) is 9.59 Å². The quantitative estimate of drug-likeness (QED) is 0.165. The van der Waals surface area contributed by atoms with E-state index in [-0.39, 0.29) is 28.5 Å². The number of phenols is 1. The minimum absolute atomic E-state index is 0.0873. The predicted octanol–water partition coefficient (Wildman–Crippen LogP) is 4.85. The summed E-state index contributed by atoms with van der Waals surface area (Å²) in [6, 6.07) is 13.0. The molecule has 4 rings (SSSR count). The number of aromatic hydroxyl groups is 1. The van der Waals surface area contributed by atoms with Crippen LogP contribution >= 0.6 is 0 Å². The Balaban J connectivity index is 1.91. The molecule has 10 heteroatoms. The number of hydrogen-bond acceptors (Lipinski definition) is 7. The second-order valence-corrected chi connectivity index (χ2v) is 8.34. The summed E-state index contributed by atoms with van der Waals surface area (Å²) in [6.07, 6.45) is -0.0873. The number of phenolic OH excluding ortho intramolecular Hbond substituents is 1. The van der Waals surface area contributed by atoms with Crippen molar-refractivity contribution in [3.8, 4) is 11.5 Å². The molecule has 0 radical (unpaired) electrons. The minimum atomic E-state index is -1.29. The molecule has 0 bridgehead atoms. The van der Waals surface area contributed by atoms with Crippen LogP contribution in [0.4, 0.5) is 15.8 Å². The number of nitrogens with zero attached hydrogens (tertiary/aromatic N) is 2. The Kier molecular flexibility index (Phi) is 6.43. The lowest BCUT2D eigenvalue weighted by molar-refractivity contribution is -0.385. The molecule has 36 heavy (non-hydrogen) atoms. The molecule has 2 N–H and O–H groups in total. The molecule has 3 aromatic carbocycles. The number of anilines is 1. The van der Waals surface area contributed by atoms with Crippen LogP contribution in [0.3, 0.4) is 0 Å². The van der Waals surface area contributed by atoms with E-state index in [1.165, 1.54) is 30.3 Å². The number of aliphatic hydroxyl groups is 1. The van der Waals surface area contributed by atoms with Crippen LogP contribution in [0, 0.1) is 15.9 Å². The molecule has 184 valence electrons. The lowest BCUT2D eigenvalue weighted by Crippen LogP contribution is -2.29. The molecule has 1 aliphatic heterocycles. The van der Waals surface area contributed by atoms with Gasteiger partial charge in [-0.15, -0.1) is 0 Å². The Morgan fingerprint density at radius 1 is 1.06 bits per heavy atom. The molecule has 0 aromatic heterocycles. The van der Waals surface area contributed by atoms with Crippen molar-refractivity contribution in [2.75, 3.05) is 4.90 Å². The fraction of sp³-hybridized carbons (Fsp3) is 0.154. The van der Waals surface area contributed by atoms with Crippen LogP contribution in [0.25, 0.3) is 5.76 Å². The average Bonchev–Trinajstić information content (AvgIpc) is 3.10. The zero-order chi connectivity index (χ0) is 26.1. The molecule has 3 aromatic rings. The average molecular weight is 492 g/mol. The Morgan fingerprint density at radius 2 is 1.69 bits per heavy atom. The van der Waals surface area contributed by atoms with E-state index in [4.69, 9.17) is 4.74 Å². The molecule has 0 spiro atoms. The van der Waals surface area contributed by atoms with Crippen LogP contribution in [0.5, 0.6) is 11.5 Å². The number of ether oxygens (including phenoxy) is 1. The molecular formula is C26H21FN2O7. The van der Waals surface area contributed by atoms with Crippen molar-refractivity contribution in [1.29, 1.82) is 0 Å². The molecule has 1 amide bonds. The Labute approximate surface area is 204 Å². The number of carbonyl (C=O) groups excluding carboxylic acids is 2. The van der Waals surface area contributed by atoms with Gasteiger partial charge in [-0.05, 0) is 74.0 Å². The largest absolute Gasteiger partial charge is 0.507 e. The highest BCUT2D eigenvalue weighted by Crippen LogP contribution is 2.44. The summed E-state index contributed by atoms with van der Waals surface area (Å²) in [4.78, 5) is 37.9. The summed E-state index contributed by atoms with van der Waals surface area (Å²) < 4.78 is 19.1. The highest BCUT2D eigenvalue weighted by Gasteiger charge is 2.47. The van der Waals surface area contributed by atoms with Crippen molar-refractivity contribution < 1.29 is 33.9 Å². The fourth-order valence-corrected chi connectivity index (χ4v) is 3.99. The van der Waals surface area contributed by atoms with Crippen molar-refractivity contribution in [2.45, 2.75) is 26.0 Å². The number of rotatable bonds is 6. The summed E-state index contributed by atoms with van der Waals surface area (Å²) in [5.74, 6) is -3.20. The number of hydrogen-bond donors (Lipinski definition) is 2. The smallest absolute Gasteiger partial charge is 0.311 e. The van der Waals surface area contributed by atoms with Crippen molar-refractivity contribution in [1.82, 2.24) is 0 Å². The Hall–Kier alpha value is -4.73. The van der Waals surface area contributed by atoms with Gasteiger partial charge in [0.25, 0.3) is 11.7 Å². The molecule has 1 atom stereocenters. The molecule has 1 aliphatic rings. The van der Waals surface area contributed by atoms with Gasteiger partial charge < -0.3 is 14.9 Å². The normalized spacial score (nSPS) is 17.0. The predicted molar refractivity (Wildman–Crippen MR) is 128 cm³/mol. The Bertz CT molecular complexity index is 1380. The third-order valence-corrected chi connectivity index (χ3v) is 5.56. The number of Topliss-reactive ketones (excluding diaryl/α,β-unsaturated/α-hetero) is 1. The van der Waals surface area contributed by atoms with E-state index >= 15 is 0 Å². The van der Waals surface area contributed by atoms with E-state index in [1.807, 2.05) is 13.8 Å². The molecule has 0 saturated carbocycles. The fourth-order valence-electron chi connectivity index (χ4n) is 3.99. The maximum Gasteiger partial charge on any atom is 0.311 e. The van der Waals surface area contributed by atoms with E-state index < -0.39 is 45.7 Å². The van der Waals surface area contributed by atoms with E-state index in [9.17, 15) is 34.3 Å². The summed E-state index contributed by atoms with van der Waals surface area (Å²) >= 11 is 0. The highest BCUT2D eigenvalue weighted by molar-refractivity contribution is 6.51. The van der Waals surface area contributed by atoms with Gasteiger partial charge in [-0.3, -0.25) is 24.6 Å². The summed E-state index contributed by atoms with van der Waals surface area (Å²) in [7, 11) is 0. The number of benzene rings is 3. The SMILES string of the molecule is CC(C)Oc1ccc(/C(O)=C2/C(=O)C(=O)N(c3ccc(F)cc3)C2c2ccc(O)c([N+](=O)[O-])c2)cc1. The number of nitro groups is 1. The first kappa shape index (κ1) is 24.4. The lowest BCUT2D eigenvalue weighted by atomic mass is 9.94. The Morgan fingerprint density at radius 3 is 2.28 bits per heavy atom. The van der Waals surface area contributed by atoms with Crippen LogP contribution in [0.1, 0.15) is 31.0 Å². The van der Waals surface area contributed by atoms with Crippen LogP contribution in [0.2, 0.25) is 0 Å². The molecule has 1 unspecified atom stereocenters. The maximum atomic E-state index is 13.6. The highest BCUT2D eigenvalue weighted by atomic mass is 19.1.